The highest BCUT2D eigenvalue weighted by molar-refractivity contribution is 7.92. The van der Waals surface area contributed by atoms with Crippen LogP contribution in [-0.2, 0) is 26.2 Å². The number of benzene rings is 2. The first-order chi connectivity index (χ1) is 16.1. The number of carbonyl (C=O) groups excluding carboxylic acids is 2. The van der Waals surface area contributed by atoms with Crippen molar-refractivity contribution in [2.45, 2.75) is 73.0 Å². The largest absolute Gasteiger partial charge is 0.350 e. The molecule has 0 fully saturated rings. The van der Waals surface area contributed by atoms with Gasteiger partial charge < -0.3 is 10.2 Å². The molecule has 0 saturated heterocycles. The Hall–Kier alpha value is -2.87. The maximum Gasteiger partial charge on any atom is 0.244 e. The van der Waals surface area contributed by atoms with Gasteiger partial charge in [0, 0.05) is 12.1 Å². The van der Waals surface area contributed by atoms with Crippen LogP contribution in [0.2, 0.25) is 0 Å². The Labute approximate surface area is 210 Å². The van der Waals surface area contributed by atoms with Crippen molar-refractivity contribution >= 4 is 27.5 Å². The Kier molecular flexibility index (Phi) is 9.11. The van der Waals surface area contributed by atoms with Gasteiger partial charge in [0.05, 0.1) is 11.9 Å². The highest BCUT2D eigenvalue weighted by Crippen LogP contribution is 2.25. The summed E-state index contributed by atoms with van der Waals surface area (Å²) < 4.78 is 26.7. The van der Waals surface area contributed by atoms with Crippen LogP contribution in [0.4, 0.5) is 5.69 Å². The van der Waals surface area contributed by atoms with Crippen LogP contribution in [-0.4, -0.2) is 49.5 Å². The zero-order valence-electron chi connectivity index (χ0n) is 22.2. The molecule has 0 aliphatic rings. The summed E-state index contributed by atoms with van der Waals surface area (Å²) in [5.74, 6) is -0.699. The minimum absolute atomic E-state index is 0.200. The van der Waals surface area contributed by atoms with Crippen LogP contribution in [0.5, 0.6) is 0 Å². The Balaban J connectivity index is 2.52. The molecule has 2 rings (SSSR count). The van der Waals surface area contributed by atoms with Crippen molar-refractivity contribution in [3.63, 3.8) is 0 Å². The summed E-state index contributed by atoms with van der Waals surface area (Å²) in [6.45, 7) is 13.0. The van der Waals surface area contributed by atoms with E-state index < -0.39 is 34.1 Å². The summed E-state index contributed by atoms with van der Waals surface area (Å²) in [5.41, 5.74) is 3.52. The van der Waals surface area contributed by atoms with Crippen LogP contribution in [0, 0.1) is 20.8 Å². The molecule has 0 saturated carbocycles. The van der Waals surface area contributed by atoms with Gasteiger partial charge in [0.15, 0.2) is 0 Å². The van der Waals surface area contributed by atoms with Gasteiger partial charge in [-0.05, 0) is 76.3 Å². The molecule has 0 unspecified atom stereocenters. The Morgan fingerprint density at radius 2 is 1.63 bits per heavy atom. The Bertz CT molecular complexity index is 1170. The van der Waals surface area contributed by atoms with E-state index in [1.165, 1.54) is 4.90 Å². The molecular formula is C27H39N3O4S. The van der Waals surface area contributed by atoms with E-state index in [-0.39, 0.29) is 12.5 Å². The van der Waals surface area contributed by atoms with Crippen LogP contribution >= 0.6 is 0 Å². The van der Waals surface area contributed by atoms with Gasteiger partial charge in [-0.2, -0.15) is 0 Å². The fourth-order valence-electron chi connectivity index (χ4n) is 3.93. The van der Waals surface area contributed by atoms with Gasteiger partial charge in [-0.15, -0.1) is 0 Å². The van der Waals surface area contributed by atoms with Crippen LogP contribution in [0.15, 0.2) is 42.5 Å². The topological polar surface area (TPSA) is 86.8 Å². The third kappa shape index (κ3) is 7.82. The second-order valence-electron chi connectivity index (χ2n) is 10.2. The van der Waals surface area contributed by atoms with Gasteiger partial charge in [-0.1, -0.05) is 43.3 Å². The number of nitrogens with one attached hydrogen (secondary N) is 1. The lowest BCUT2D eigenvalue weighted by atomic mass is 10.0. The summed E-state index contributed by atoms with van der Waals surface area (Å²) in [6.07, 6.45) is 1.49. The molecule has 0 spiro atoms. The van der Waals surface area contributed by atoms with E-state index in [4.69, 9.17) is 0 Å². The smallest absolute Gasteiger partial charge is 0.244 e. The monoisotopic (exact) mass is 501 g/mol. The van der Waals surface area contributed by atoms with Gasteiger partial charge in [0.25, 0.3) is 0 Å². The van der Waals surface area contributed by atoms with Crippen LogP contribution < -0.4 is 9.62 Å². The number of hydrogen-bond acceptors (Lipinski definition) is 4. The Morgan fingerprint density at radius 1 is 1.00 bits per heavy atom. The lowest BCUT2D eigenvalue weighted by Gasteiger charge is -2.35. The molecular weight excluding hydrogens is 462 g/mol. The summed E-state index contributed by atoms with van der Waals surface area (Å²) in [6, 6.07) is 12.4. The van der Waals surface area contributed by atoms with Crippen molar-refractivity contribution < 1.29 is 18.0 Å². The van der Waals surface area contributed by atoms with Crippen LogP contribution in [0.25, 0.3) is 0 Å². The Morgan fingerprint density at radius 3 is 2.17 bits per heavy atom. The molecule has 192 valence electrons. The van der Waals surface area contributed by atoms with E-state index in [9.17, 15) is 18.0 Å². The molecule has 7 nitrogen and oxygen atoms in total. The van der Waals surface area contributed by atoms with Gasteiger partial charge in [-0.25, -0.2) is 8.42 Å². The average Bonchev–Trinajstić information content (AvgIpc) is 2.73. The van der Waals surface area contributed by atoms with Crippen LogP contribution in [0.1, 0.15) is 56.4 Å². The van der Waals surface area contributed by atoms with Crippen molar-refractivity contribution in [1.29, 1.82) is 0 Å². The number of carbonyl (C=O) groups is 2. The highest BCUT2D eigenvalue weighted by atomic mass is 32.2. The lowest BCUT2D eigenvalue weighted by molar-refractivity contribution is -0.141. The maximum absolute atomic E-state index is 13.8. The number of aryl methyl sites for hydroxylation is 3. The number of nitrogens with zero attached hydrogens (tertiary/aromatic N) is 2. The number of amides is 2. The number of sulfonamides is 1. The maximum atomic E-state index is 13.8. The third-order valence-corrected chi connectivity index (χ3v) is 6.93. The predicted octanol–water partition coefficient (Wildman–Crippen LogP) is 4.10. The van der Waals surface area contributed by atoms with Crippen molar-refractivity contribution in [3.05, 3.63) is 64.7 Å². The molecule has 1 N–H and O–H groups in total. The van der Waals surface area contributed by atoms with E-state index >= 15 is 0 Å². The van der Waals surface area contributed by atoms with Crippen molar-refractivity contribution in [3.8, 4) is 0 Å². The third-order valence-electron chi connectivity index (χ3n) is 5.80. The molecule has 8 heteroatoms. The van der Waals surface area contributed by atoms with E-state index in [0.717, 1.165) is 32.8 Å². The molecule has 0 aromatic heterocycles. The normalized spacial score (nSPS) is 12.7. The first-order valence-electron chi connectivity index (χ1n) is 11.8. The zero-order chi connectivity index (χ0) is 26.6. The van der Waals surface area contributed by atoms with E-state index in [0.29, 0.717) is 12.1 Å². The van der Waals surface area contributed by atoms with Crippen LogP contribution in [0.3, 0.4) is 0 Å². The quantitative estimate of drug-likeness (QED) is 0.560. The molecule has 0 aliphatic heterocycles. The molecule has 0 aliphatic carbocycles. The van der Waals surface area contributed by atoms with Gasteiger partial charge in [0.1, 0.15) is 12.6 Å². The van der Waals surface area contributed by atoms with Gasteiger partial charge in [-0.3, -0.25) is 13.9 Å². The van der Waals surface area contributed by atoms with E-state index in [1.54, 1.807) is 6.07 Å². The fourth-order valence-corrected chi connectivity index (χ4v) is 4.83. The average molecular weight is 502 g/mol. The molecule has 0 bridgehead atoms. The molecule has 0 radical (unpaired) electrons. The summed E-state index contributed by atoms with van der Waals surface area (Å²) in [7, 11) is -3.76. The number of rotatable bonds is 9. The molecule has 0 heterocycles. The first kappa shape index (κ1) is 28.4. The summed E-state index contributed by atoms with van der Waals surface area (Å²) in [4.78, 5) is 28.5. The highest BCUT2D eigenvalue weighted by Gasteiger charge is 2.33. The second-order valence-corrected chi connectivity index (χ2v) is 12.1. The second kappa shape index (κ2) is 11.2. The van der Waals surface area contributed by atoms with E-state index in [1.807, 2.05) is 84.9 Å². The zero-order valence-corrected chi connectivity index (χ0v) is 23.0. The summed E-state index contributed by atoms with van der Waals surface area (Å²) in [5, 5.41) is 2.97. The lowest BCUT2D eigenvalue weighted by Crippen LogP contribution is -2.55. The van der Waals surface area contributed by atoms with E-state index in [2.05, 4.69) is 5.32 Å². The van der Waals surface area contributed by atoms with Crippen molar-refractivity contribution in [2.24, 2.45) is 0 Å². The van der Waals surface area contributed by atoms with Crippen molar-refractivity contribution in [2.75, 3.05) is 17.1 Å². The molecule has 2 aromatic carbocycles. The minimum Gasteiger partial charge on any atom is -0.350 e. The fraction of sp³-hybridized carbons (Fsp3) is 0.481. The number of hydrogen-bond donors (Lipinski definition) is 1. The van der Waals surface area contributed by atoms with Crippen molar-refractivity contribution in [1.82, 2.24) is 10.2 Å². The molecule has 1 atom stereocenters. The standard InChI is InChI=1S/C27H39N3O4S/c1-9-23(26(32)28-27(5,6)7)29(17-22-13-11-10-12-20(22)3)25(31)18-30(35(8,33)34)24-16-19(2)14-15-21(24)4/h10-16,23H,9,17-18H2,1-8H3,(H,28,32)/t23-/m0/s1. The SMILES string of the molecule is CC[C@@H](C(=O)NC(C)(C)C)N(Cc1ccccc1C)C(=O)CN(c1cc(C)ccc1C)S(C)(=O)=O. The molecule has 2 amide bonds. The molecule has 2 aromatic rings. The first-order valence-corrected chi connectivity index (χ1v) is 13.7. The molecule has 35 heavy (non-hydrogen) atoms. The van der Waals surface area contributed by atoms with Gasteiger partial charge >= 0.3 is 0 Å². The summed E-state index contributed by atoms with van der Waals surface area (Å²) >= 11 is 0. The minimum atomic E-state index is -3.76. The van der Waals surface area contributed by atoms with Gasteiger partial charge in [0.2, 0.25) is 21.8 Å². The predicted molar refractivity (Wildman–Crippen MR) is 142 cm³/mol. The number of anilines is 1.